The second-order valence-corrected chi connectivity index (χ2v) is 6.86. The maximum Gasteiger partial charge on any atom is 0.189 e. The van der Waals surface area contributed by atoms with Crippen LogP contribution >= 0.6 is 0 Å². The Morgan fingerprint density at radius 2 is 1.96 bits per heavy atom. The molecule has 0 amide bonds. The number of unbranched alkanes of at least 4 members (excludes halogenated alkanes) is 3. The first-order valence-corrected chi connectivity index (χ1v) is 10.1. The quantitative estimate of drug-likeness (QED) is 0.107. The molecule has 1 fully saturated rings. The second-order valence-electron chi connectivity index (χ2n) is 6.86. The van der Waals surface area contributed by atoms with Crippen LogP contribution in [0.15, 0.2) is 24.8 Å². The van der Waals surface area contributed by atoms with E-state index < -0.39 is 0 Å². The van der Waals surface area contributed by atoms with Gasteiger partial charge in [0.05, 0.1) is 0 Å². The van der Waals surface area contributed by atoms with Gasteiger partial charge in [0.15, 0.2) is 6.29 Å². The molecule has 2 unspecified atom stereocenters. The topological polar surface area (TPSA) is 40.0 Å². The van der Waals surface area contributed by atoms with E-state index in [2.05, 4.69) is 48.0 Å². The molecule has 0 aromatic heterocycles. The standard InChI is InChI=1S/C21H40N3O2/c1-6-19(4)20-21(26-20)25-17-12-10-9-11-14-23(7-2)15-13-16-24(8-3)18-22-5/h6-7,20-22H,1,4,8-18H2,2-3,5H3/q+1. The lowest BCUT2D eigenvalue weighted by molar-refractivity contribution is -0.525. The van der Waals surface area contributed by atoms with Crippen molar-refractivity contribution in [1.29, 1.82) is 0 Å². The van der Waals surface area contributed by atoms with Crippen molar-refractivity contribution in [3.05, 3.63) is 24.8 Å². The lowest BCUT2D eigenvalue weighted by Gasteiger charge is -2.18. The Kier molecular flexibility index (Phi) is 12.5. The van der Waals surface area contributed by atoms with Gasteiger partial charge in [0, 0.05) is 39.6 Å². The molecule has 0 aromatic rings. The SMILES string of the molecule is C=CC(=C)C1OC1OCCCCCC[N+](=CC)CCCN(CC)CNC. The summed E-state index contributed by atoms with van der Waals surface area (Å²) in [6.07, 6.45) is 9.94. The molecule has 1 aliphatic heterocycles. The van der Waals surface area contributed by atoms with E-state index >= 15 is 0 Å². The fourth-order valence-corrected chi connectivity index (χ4v) is 3.01. The van der Waals surface area contributed by atoms with Crippen molar-refractivity contribution in [2.24, 2.45) is 0 Å². The van der Waals surface area contributed by atoms with Gasteiger partial charge < -0.3 is 14.8 Å². The molecule has 1 aliphatic rings. The monoisotopic (exact) mass is 366 g/mol. The van der Waals surface area contributed by atoms with Gasteiger partial charge in [-0.1, -0.05) is 32.6 Å². The average Bonchev–Trinajstić information content (AvgIpc) is 3.43. The van der Waals surface area contributed by atoms with E-state index in [4.69, 9.17) is 9.47 Å². The molecule has 0 aromatic carbocycles. The van der Waals surface area contributed by atoms with Crippen LogP contribution in [0.2, 0.25) is 0 Å². The van der Waals surface area contributed by atoms with E-state index in [-0.39, 0.29) is 12.4 Å². The van der Waals surface area contributed by atoms with Crippen LogP contribution < -0.4 is 5.32 Å². The van der Waals surface area contributed by atoms with E-state index in [9.17, 15) is 0 Å². The smallest absolute Gasteiger partial charge is 0.189 e. The first-order valence-electron chi connectivity index (χ1n) is 10.1. The summed E-state index contributed by atoms with van der Waals surface area (Å²) in [6.45, 7) is 18.3. The fraction of sp³-hybridized carbons (Fsp3) is 0.762. The number of rotatable bonds is 17. The van der Waals surface area contributed by atoms with Gasteiger partial charge >= 0.3 is 0 Å². The van der Waals surface area contributed by atoms with Crippen molar-refractivity contribution in [3.63, 3.8) is 0 Å². The molecule has 2 atom stereocenters. The maximum absolute atomic E-state index is 5.69. The summed E-state index contributed by atoms with van der Waals surface area (Å²) in [5.41, 5.74) is 0.916. The molecule has 1 N–H and O–H groups in total. The van der Waals surface area contributed by atoms with Crippen molar-refractivity contribution >= 4 is 6.21 Å². The minimum atomic E-state index is -0.0868. The third kappa shape index (κ3) is 9.62. The average molecular weight is 367 g/mol. The maximum atomic E-state index is 5.69. The summed E-state index contributed by atoms with van der Waals surface area (Å²) in [4.78, 5) is 2.44. The predicted octanol–water partition coefficient (Wildman–Crippen LogP) is 3.02. The summed E-state index contributed by atoms with van der Waals surface area (Å²) in [5, 5.41) is 3.23. The van der Waals surface area contributed by atoms with Gasteiger partial charge in [-0.2, -0.15) is 0 Å². The minimum absolute atomic E-state index is 0.0397. The van der Waals surface area contributed by atoms with Gasteiger partial charge in [-0.3, -0.25) is 4.90 Å². The van der Waals surface area contributed by atoms with Crippen LogP contribution in [0.3, 0.4) is 0 Å². The number of epoxide rings is 1. The van der Waals surface area contributed by atoms with Crippen LogP contribution in [-0.4, -0.2) is 74.6 Å². The highest BCUT2D eigenvalue weighted by Crippen LogP contribution is 2.29. The van der Waals surface area contributed by atoms with Crippen LogP contribution in [0.1, 0.15) is 46.0 Å². The van der Waals surface area contributed by atoms with Crippen LogP contribution in [0.4, 0.5) is 0 Å². The van der Waals surface area contributed by atoms with Crippen molar-refractivity contribution in [1.82, 2.24) is 10.2 Å². The van der Waals surface area contributed by atoms with E-state index in [1.165, 1.54) is 25.7 Å². The minimum Gasteiger partial charge on any atom is -0.350 e. The Bertz CT molecular complexity index is 437. The molecule has 0 bridgehead atoms. The molecule has 1 rings (SSSR count). The molecule has 26 heavy (non-hydrogen) atoms. The van der Waals surface area contributed by atoms with Crippen molar-refractivity contribution < 1.29 is 14.0 Å². The number of nitrogens with one attached hydrogen (secondary N) is 1. The van der Waals surface area contributed by atoms with E-state index in [0.29, 0.717) is 0 Å². The van der Waals surface area contributed by atoms with E-state index in [1.54, 1.807) is 6.08 Å². The highest BCUT2D eigenvalue weighted by atomic mass is 16.8. The molecule has 150 valence electrons. The zero-order chi connectivity index (χ0) is 19.2. The fourth-order valence-electron chi connectivity index (χ4n) is 3.01. The van der Waals surface area contributed by atoms with Gasteiger partial charge in [-0.25, -0.2) is 4.58 Å². The van der Waals surface area contributed by atoms with E-state index in [0.717, 1.165) is 51.4 Å². The summed E-state index contributed by atoms with van der Waals surface area (Å²) in [6, 6.07) is 0. The van der Waals surface area contributed by atoms with Crippen molar-refractivity contribution in [3.8, 4) is 0 Å². The Morgan fingerprint density at radius 1 is 1.23 bits per heavy atom. The summed E-state index contributed by atoms with van der Waals surface area (Å²) in [5.74, 6) is 0. The highest BCUT2D eigenvalue weighted by molar-refractivity contribution is 5.46. The number of nitrogens with zero attached hydrogens (tertiary/aromatic N) is 2. The number of hydrogen-bond donors (Lipinski definition) is 1. The molecular formula is C21H40N3O2+. The summed E-state index contributed by atoms with van der Waals surface area (Å²) < 4.78 is 13.5. The third-order valence-electron chi connectivity index (χ3n) is 4.81. The molecule has 5 nitrogen and oxygen atoms in total. The van der Waals surface area contributed by atoms with Gasteiger partial charge in [-0.15, -0.1) is 0 Å². The van der Waals surface area contributed by atoms with Crippen LogP contribution in [0.25, 0.3) is 0 Å². The molecule has 0 aliphatic carbocycles. The Balaban J connectivity index is 1.97. The largest absolute Gasteiger partial charge is 0.350 e. The molecular weight excluding hydrogens is 326 g/mol. The lowest BCUT2D eigenvalue weighted by Crippen LogP contribution is -2.34. The summed E-state index contributed by atoms with van der Waals surface area (Å²) >= 11 is 0. The molecule has 5 heteroatoms. The van der Waals surface area contributed by atoms with E-state index in [1.807, 2.05) is 7.05 Å². The Hall–Kier alpha value is -1.01. The normalized spacial score (nSPS) is 19.8. The van der Waals surface area contributed by atoms with Crippen LogP contribution in [-0.2, 0) is 9.47 Å². The zero-order valence-electron chi connectivity index (χ0n) is 17.2. The highest BCUT2D eigenvalue weighted by Gasteiger charge is 2.40. The van der Waals surface area contributed by atoms with Gasteiger partial charge in [-0.05, 0) is 32.0 Å². The first kappa shape index (κ1) is 23.0. The van der Waals surface area contributed by atoms with Gasteiger partial charge in [0.2, 0.25) is 0 Å². The van der Waals surface area contributed by atoms with Gasteiger partial charge in [0.1, 0.15) is 25.4 Å². The summed E-state index contributed by atoms with van der Waals surface area (Å²) in [7, 11) is 2.01. The second kappa shape index (κ2) is 14.1. The predicted molar refractivity (Wildman–Crippen MR) is 110 cm³/mol. The number of ether oxygens (including phenoxy) is 2. The van der Waals surface area contributed by atoms with Crippen LogP contribution in [0, 0.1) is 0 Å². The molecule has 1 heterocycles. The number of hydrogen-bond acceptors (Lipinski definition) is 4. The molecule has 0 spiro atoms. The third-order valence-corrected chi connectivity index (χ3v) is 4.81. The van der Waals surface area contributed by atoms with Crippen molar-refractivity contribution in [2.75, 3.05) is 46.5 Å². The lowest BCUT2D eigenvalue weighted by atomic mass is 10.2. The zero-order valence-corrected chi connectivity index (χ0v) is 17.2. The van der Waals surface area contributed by atoms with Crippen molar-refractivity contribution in [2.45, 2.75) is 58.3 Å². The van der Waals surface area contributed by atoms with Gasteiger partial charge in [0.25, 0.3) is 0 Å². The Morgan fingerprint density at radius 3 is 2.62 bits per heavy atom. The van der Waals surface area contributed by atoms with Crippen LogP contribution in [0.5, 0.6) is 0 Å². The molecule has 0 saturated carbocycles. The first-order chi connectivity index (χ1) is 12.7. The molecule has 1 saturated heterocycles. The Labute approximate surface area is 160 Å². The molecule has 0 radical (unpaired) electrons.